The zero-order valence-corrected chi connectivity index (χ0v) is 11.4. The van der Waals surface area contributed by atoms with Crippen LogP contribution in [-0.2, 0) is 6.54 Å². The first-order valence-electron chi connectivity index (χ1n) is 5.40. The summed E-state index contributed by atoms with van der Waals surface area (Å²) in [5.41, 5.74) is 1.65. The number of aromatic nitrogens is 1. The minimum Gasteiger partial charge on any atom is -0.504 e. The maximum atomic E-state index is 9.93. The molecule has 1 aromatic carbocycles. The molecule has 0 unspecified atom stereocenters. The van der Waals surface area contributed by atoms with E-state index in [0.717, 1.165) is 15.7 Å². The number of anilines is 1. The zero-order valence-electron chi connectivity index (χ0n) is 9.85. The summed E-state index contributed by atoms with van der Waals surface area (Å²) in [5, 5.41) is 13.1. The van der Waals surface area contributed by atoms with Crippen LogP contribution in [0.25, 0.3) is 0 Å². The number of ether oxygens (including phenoxy) is 1. The number of nitrogens with zero attached hydrogens (tertiary/aromatic N) is 1. The summed E-state index contributed by atoms with van der Waals surface area (Å²) < 4.78 is 5.96. The Kier molecular flexibility index (Phi) is 4.04. The lowest BCUT2D eigenvalue weighted by molar-refractivity contribution is 0.371. The van der Waals surface area contributed by atoms with Crippen molar-refractivity contribution in [3.63, 3.8) is 0 Å². The van der Waals surface area contributed by atoms with Crippen LogP contribution < -0.4 is 10.1 Å². The number of halogens is 1. The molecule has 2 N–H and O–H groups in total. The molecule has 94 valence electrons. The molecule has 0 saturated heterocycles. The molecular weight excluding hydrogens is 296 g/mol. The van der Waals surface area contributed by atoms with Crippen molar-refractivity contribution >= 4 is 21.6 Å². The first-order chi connectivity index (χ1) is 8.70. The van der Waals surface area contributed by atoms with Gasteiger partial charge in [-0.3, -0.25) is 4.98 Å². The highest BCUT2D eigenvalue weighted by Gasteiger charge is 2.06. The lowest BCUT2D eigenvalue weighted by atomic mass is 10.2. The number of aromatic hydroxyl groups is 1. The molecule has 0 saturated carbocycles. The molecule has 0 aliphatic carbocycles. The van der Waals surface area contributed by atoms with Gasteiger partial charge >= 0.3 is 0 Å². The van der Waals surface area contributed by atoms with Gasteiger partial charge in [-0.1, -0.05) is 12.1 Å². The zero-order chi connectivity index (χ0) is 13.0. The third-order valence-electron chi connectivity index (χ3n) is 2.49. The monoisotopic (exact) mass is 308 g/mol. The molecule has 0 atom stereocenters. The number of rotatable bonds is 4. The highest BCUT2D eigenvalue weighted by atomic mass is 79.9. The van der Waals surface area contributed by atoms with Crippen LogP contribution in [0.1, 0.15) is 5.56 Å². The summed E-state index contributed by atoms with van der Waals surface area (Å²) in [4.78, 5) is 4.06. The van der Waals surface area contributed by atoms with Gasteiger partial charge in [0.1, 0.15) is 0 Å². The van der Waals surface area contributed by atoms with Gasteiger partial charge in [0.2, 0.25) is 0 Å². The summed E-state index contributed by atoms with van der Waals surface area (Å²) in [7, 11) is 1.53. The van der Waals surface area contributed by atoms with Gasteiger partial charge in [0.15, 0.2) is 11.5 Å². The molecular formula is C13H13BrN2O2. The second-order valence-electron chi connectivity index (χ2n) is 3.71. The molecule has 1 aromatic heterocycles. The number of phenolic OH excluding ortho intramolecular Hbond substituents is 1. The topological polar surface area (TPSA) is 54.4 Å². The maximum Gasteiger partial charge on any atom is 0.162 e. The fourth-order valence-corrected chi connectivity index (χ4v) is 1.95. The van der Waals surface area contributed by atoms with E-state index in [1.165, 1.54) is 7.11 Å². The fraction of sp³-hybridized carbons (Fsp3) is 0.154. The van der Waals surface area contributed by atoms with Crippen molar-refractivity contribution in [3.8, 4) is 11.5 Å². The predicted octanol–water partition coefficient (Wildman–Crippen LogP) is 3.17. The minimum absolute atomic E-state index is 0.162. The van der Waals surface area contributed by atoms with Crippen molar-refractivity contribution in [1.29, 1.82) is 0 Å². The average molecular weight is 309 g/mol. The van der Waals surface area contributed by atoms with Crippen molar-refractivity contribution in [1.82, 2.24) is 4.98 Å². The van der Waals surface area contributed by atoms with Gasteiger partial charge in [0.25, 0.3) is 0 Å². The van der Waals surface area contributed by atoms with Crippen molar-refractivity contribution < 1.29 is 9.84 Å². The molecule has 5 heteroatoms. The van der Waals surface area contributed by atoms with Crippen molar-refractivity contribution in [2.45, 2.75) is 6.54 Å². The maximum absolute atomic E-state index is 9.93. The van der Waals surface area contributed by atoms with Gasteiger partial charge in [-0.15, -0.1) is 0 Å². The first-order valence-corrected chi connectivity index (χ1v) is 6.19. The number of methoxy groups -OCH3 is 1. The van der Waals surface area contributed by atoms with Gasteiger partial charge in [0, 0.05) is 22.8 Å². The molecule has 0 aliphatic rings. The van der Waals surface area contributed by atoms with E-state index in [2.05, 4.69) is 26.2 Å². The summed E-state index contributed by atoms with van der Waals surface area (Å²) in [6.45, 7) is 0.501. The average Bonchev–Trinajstić information content (AvgIpc) is 2.38. The molecule has 18 heavy (non-hydrogen) atoms. The molecule has 0 radical (unpaired) electrons. The van der Waals surface area contributed by atoms with Crippen LogP contribution in [0.3, 0.4) is 0 Å². The Morgan fingerprint density at radius 3 is 2.94 bits per heavy atom. The molecule has 0 spiro atoms. The van der Waals surface area contributed by atoms with Gasteiger partial charge < -0.3 is 15.2 Å². The summed E-state index contributed by atoms with van der Waals surface area (Å²) in [5.74, 6) is 0.636. The third kappa shape index (κ3) is 2.92. The van der Waals surface area contributed by atoms with E-state index >= 15 is 0 Å². The Bertz CT molecular complexity index is 546. The van der Waals surface area contributed by atoms with E-state index in [9.17, 15) is 5.11 Å². The van der Waals surface area contributed by atoms with E-state index in [1.54, 1.807) is 18.5 Å². The lowest BCUT2D eigenvalue weighted by Gasteiger charge is -2.10. The molecule has 0 fully saturated rings. The lowest BCUT2D eigenvalue weighted by Crippen LogP contribution is -2.00. The minimum atomic E-state index is 0.162. The van der Waals surface area contributed by atoms with Crippen molar-refractivity contribution in [3.05, 3.63) is 46.7 Å². The number of phenols is 1. The first kappa shape index (κ1) is 12.7. The fourth-order valence-electron chi connectivity index (χ4n) is 1.58. The third-order valence-corrected chi connectivity index (χ3v) is 2.92. The van der Waals surface area contributed by atoms with Gasteiger partial charge in [-0.2, -0.15) is 0 Å². The van der Waals surface area contributed by atoms with E-state index in [0.29, 0.717) is 12.3 Å². The quantitative estimate of drug-likeness (QED) is 0.911. The molecule has 0 bridgehead atoms. The molecule has 2 aromatic rings. The van der Waals surface area contributed by atoms with Crippen LogP contribution in [0.5, 0.6) is 11.5 Å². The predicted molar refractivity (Wildman–Crippen MR) is 73.9 cm³/mol. The van der Waals surface area contributed by atoms with Gasteiger partial charge in [0.05, 0.1) is 19.0 Å². The van der Waals surface area contributed by atoms with Crippen molar-refractivity contribution in [2.24, 2.45) is 0 Å². The van der Waals surface area contributed by atoms with Gasteiger partial charge in [-0.25, -0.2) is 0 Å². The molecule has 4 nitrogen and oxygen atoms in total. The Morgan fingerprint density at radius 2 is 2.22 bits per heavy atom. The largest absolute Gasteiger partial charge is 0.504 e. The van der Waals surface area contributed by atoms with Crippen LogP contribution in [0, 0.1) is 0 Å². The van der Waals surface area contributed by atoms with Crippen LogP contribution in [-0.4, -0.2) is 17.2 Å². The van der Waals surface area contributed by atoms with E-state index in [1.807, 2.05) is 18.2 Å². The number of hydrogen-bond donors (Lipinski definition) is 2. The molecule has 0 aliphatic heterocycles. The van der Waals surface area contributed by atoms with E-state index in [4.69, 9.17) is 4.74 Å². The molecule has 1 heterocycles. The summed E-state index contributed by atoms with van der Waals surface area (Å²) >= 11 is 3.35. The normalized spacial score (nSPS) is 10.1. The Labute approximate surface area is 114 Å². The second-order valence-corrected chi connectivity index (χ2v) is 4.63. The van der Waals surface area contributed by atoms with E-state index in [-0.39, 0.29) is 5.75 Å². The van der Waals surface area contributed by atoms with Crippen LogP contribution in [0.2, 0.25) is 0 Å². The number of para-hydroxylation sites is 1. The van der Waals surface area contributed by atoms with Crippen LogP contribution >= 0.6 is 15.9 Å². The SMILES string of the molecule is COc1cccc(CNc2cncc(Br)c2)c1O. The number of benzene rings is 1. The molecule has 2 rings (SSSR count). The smallest absolute Gasteiger partial charge is 0.162 e. The summed E-state index contributed by atoms with van der Waals surface area (Å²) in [6.07, 6.45) is 3.44. The van der Waals surface area contributed by atoms with Crippen LogP contribution in [0.15, 0.2) is 41.1 Å². The highest BCUT2D eigenvalue weighted by molar-refractivity contribution is 9.10. The standard InChI is InChI=1S/C13H13BrN2O2/c1-18-12-4-2-3-9(13(12)17)6-16-11-5-10(14)7-15-8-11/h2-5,7-8,16-17H,6H2,1H3. The second kappa shape index (κ2) is 5.73. The number of pyridine rings is 1. The number of nitrogens with one attached hydrogen (secondary N) is 1. The number of hydrogen-bond acceptors (Lipinski definition) is 4. The van der Waals surface area contributed by atoms with Gasteiger partial charge in [-0.05, 0) is 28.1 Å². The Balaban J connectivity index is 2.11. The Morgan fingerprint density at radius 1 is 1.39 bits per heavy atom. The van der Waals surface area contributed by atoms with Crippen molar-refractivity contribution in [2.75, 3.05) is 12.4 Å². The summed E-state index contributed by atoms with van der Waals surface area (Å²) in [6, 6.07) is 7.33. The van der Waals surface area contributed by atoms with E-state index < -0.39 is 0 Å². The van der Waals surface area contributed by atoms with Crippen LogP contribution in [0.4, 0.5) is 5.69 Å². The highest BCUT2D eigenvalue weighted by Crippen LogP contribution is 2.29. The Hall–Kier alpha value is -1.75. The molecule has 0 amide bonds.